The van der Waals surface area contributed by atoms with Crippen LogP contribution in [0.3, 0.4) is 0 Å². The van der Waals surface area contributed by atoms with Crippen molar-refractivity contribution >= 4 is 5.97 Å². The second-order valence-electron chi connectivity index (χ2n) is 6.98. The summed E-state index contributed by atoms with van der Waals surface area (Å²) in [6, 6.07) is 12.9. The first-order chi connectivity index (χ1) is 15.7. The van der Waals surface area contributed by atoms with Gasteiger partial charge in [-0.15, -0.1) is 0 Å². The molecule has 0 unspecified atom stereocenters. The van der Waals surface area contributed by atoms with Crippen molar-refractivity contribution < 1.29 is 20.5 Å². The molecule has 3 rings (SSSR count). The fourth-order valence-electron chi connectivity index (χ4n) is 3.08. The molecule has 0 amide bonds. The van der Waals surface area contributed by atoms with E-state index >= 15 is 0 Å². The molecule has 150 valence electrons. The molecule has 0 aromatic heterocycles. The molecule has 4 nitrogen and oxygen atoms in total. The summed E-state index contributed by atoms with van der Waals surface area (Å²) in [7, 11) is 0. The van der Waals surface area contributed by atoms with Crippen molar-refractivity contribution in [3.63, 3.8) is 0 Å². The quantitative estimate of drug-likeness (QED) is 0.464. The highest BCUT2D eigenvalue weighted by Crippen LogP contribution is 2.22. The number of hydrogen-bond donors (Lipinski definition) is 3. The fraction of sp³-hybridized carbons (Fsp3) is 0.240. The zero-order valence-corrected chi connectivity index (χ0v) is 16.3. The van der Waals surface area contributed by atoms with Gasteiger partial charge in [0.05, 0.1) is 17.2 Å². The van der Waals surface area contributed by atoms with E-state index in [1.54, 1.807) is 12.1 Å². The molecule has 3 aromatic rings. The van der Waals surface area contributed by atoms with Gasteiger partial charge in [0.1, 0.15) is 0 Å². The Balaban J connectivity index is 1.72. The van der Waals surface area contributed by atoms with Crippen LogP contribution in [0.1, 0.15) is 45.1 Å². The number of nitrogens with one attached hydrogen (secondary N) is 1. The Kier molecular flexibility index (Phi) is 5.49. The van der Waals surface area contributed by atoms with Crippen LogP contribution in [-0.4, -0.2) is 29.3 Å². The van der Waals surface area contributed by atoms with Crippen LogP contribution in [0.2, 0.25) is 0 Å². The van der Waals surface area contributed by atoms with Crippen molar-refractivity contribution in [2.45, 2.75) is 25.9 Å². The third-order valence-corrected chi connectivity index (χ3v) is 4.62. The molecular weight excluding hydrogens is 362 g/mol. The van der Waals surface area contributed by atoms with Gasteiger partial charge in [-0.05, 0) is 60.7 Å². The maximum atomic E-state index is 11.3. The van der Waals surface area contributed by atoms with Crippen molar-refractivity contribution in [2.24, 2.45) is 0 Å². The second kappa shape index (κ2) is 10.0. The lowest BCUT2D eigenvalue weighted by molar-refractivity contribution is 0.0697. The topological polar surface area (TPSA) is 69.6 Å². The minimum Gasteiger partial charge on any atom is -0.478 e. The first-order valence-electron chi connectivity index (χ1n) is 11.6. The van der Waals surface area contributed by atoms with Crippen molar-refractivity contribution in [3.05, 3.63) is 95.0 Å². The number of hydrogen-bond acceptors (Lipinski definition) is 3. The molecule has 0 bridgehead atoms. The van der Waals surface area contributed by atoms with Gasteiger partial charge < -0.3 is 15.5 Å². The van der Waals surface area contributed by atoms with E-state index in [2.05, 4.69) is 5.32 Å². The van der Waals surface area contributed by atoms with Gasteiger partial charge in [-0.2, -0.15) is 0 Å². The van der Waals surface area contributed by atoms with Crippen LogP contribution in [0.4, 0.5) is 0 Å². The highest BCUT2D eigenvalue weighted by Gasteiger charge is 2.07. The molecule has 1 atom stereocenters. The summed E-state index contributed by atoms with van der Waals surface area (Å²) in [5.41, 5.74) is 2.84. The van der Waals surface area contributed by atoms with Gasteiger partial charge in [0.25, 0.3) is 0 Å². The molecular formula is C25H27NO3. The average molecular weight is 394 g/mol. The molecule has 3 aromatic carbocycles. The van der Waals surface area contributed by atoms with E-state index in [4.69, 9.17) is 5.48 Å². The molecule has 0 aliphatic rings. The lowest BCUT2D eigenvalue weighted by Crippen LogP contribution is -2.22. The van der Waals surface area contributed by atoms with E-state index in [1.807, 2.05) is 31.2 Å². The third kappa shape index (κ3) is 6.01. The van der Waals surface area contributed by atoms with Crippen molar-refractivity contribution in [1.29, 1.82) is 0 Å². The molecule has 0 aliphatic heterocycles. The third-order valence-electron chi connectivity index (χ3n) is 4.62. The van der Waals surface area contributed by atoms with Crippen LogP contribution in [-0.2, 0) is 6.42 Å². The van der Waals surface area contributed by atoms with Gasteiger partial charge in [0.2, 0.25) is 0 Å². The SMILES string of the molecule is [2H]c1c([2H])c(CCCNC[C@H](O)c2cccc(C)c2)c([2H])c(-c2cccc(C(=O)O)c2)c1[2H]. The Morgan fingerprint density at radius 1 is 1.14 bits per heavy atom. The number of rotatable bonds is 9. The molecule has 0 saturated heterocycles. The number of aliphatic hydroxyl groups is 1. The van der Waals surface area contributed by atoms with E-state index in [-0.39, 0.29) is 35.3 Å². The number of aromatic carboxylic acids is 1. The van der Waals surface area contributed by atoms with Crippen LogP contribution in [0.25, 0.3) is 11.1 Å². The van der Waals surface area contributed by atoms with Crippen LogP contribution in [0.5, 0.6) is 0 Å². The standard InChI is InChI=1S/C25H27NO3/c1-18-6-2-11-22(14-18)24(27)17-26-13-5-8-19-7-3-9-20(15-19)21-10-4-12-23(16-21)25(28)29/h2-4,6-7,9-12,14-16,24,26-27H,5,8,13,17H2,1H3,(H,28,29)/t24-/m0/s1/i3D,7D,9D,15D. The summed E-state index contributed by atoms with van der Waals surface area (Å²) in [5.74, 6) is -1.11. The molecule has 29 heavy (non-hydrogen) atoms. The number of carbonyl (C=O) groups is 1. The zero-order valence-electron chi connectivity index (χ0n) is 20.3. The molecule has 0 saturated carbocycles. The van der Waals surface area contributed by atoms with Crippen molar-refractivity contribution in [1.82, 2.24) is 5.32 Å². The van der Waals surface area contributed by atoms with Crippen LogP contribution in [0.15, 0.2) is 72.7 Å². The van der Waals surface area contributed by atoms with E-state index in [0.29, 0.717) is 37.1 Å². The average Bonchev–Trinajstić information content (AvgIpc) is 2.79. The number of aliphatic hydroxyl groups excluding tert-OH is 1. The highest BCUT2D eigenvalue weighted by atomic mass is 16.4. The molecule has 3 N–H and O–H groups in total. The Morgan fingerprint density at radius 3 is 2.76 bits per heavy atom. The van der Waals surface area contributed by atoms with Gasteiger partial charge in [-0.3, -0.25) is 0 Å². The summed E-state index contributed by atoms with van der Waals surface area (Å²) in [6.07, 6.45) is 0.283. The highest BCUT2D eigenvalue weighted by molar-refractivity contribution is 5.89. The van der Waals surface area contributed by atoms with E-state index in [9.17, 15) is 15.0 Å². The van der Waals surface area contributed by atoms with Gasteiger partial charge in [0.15, 0.2) is 0 Å². The van der Waals surface area contributed by atoms with Crippen molar-refractivity contribution in [3.8, 4) is 11.1 Å². The minimum absolute atomic E-state index is 0.0247. The molecule has 0 aliphatic carbocycles. The first kappa shape index (κ1) is 15.9. The molecule has 0 spiro atoms. The fourth-order valence-corrected chi connectivity index (χ4v) is 3.08. The van der Waals surface area contributed by atoms with Crippen LogP contribution >= 0.6 is 0 Å². The molecule has 0 radical (unpaired) electrons. The Labute approximate surface area is 177 Å². The van der Waals surface area contributed by atoms with Gasteiger partial charge >= 0.3 is 5.97 Å². The predicted octanol–water partition coefficient (Wildman–Crippen LogP) is 4.62. The number of benzene rings is 3. The summed E-state index contributed by atoms with van der Waals surface area (Å²) < 4.78 is 33.3. The van der Waals surface area contributed by atoms with Crippen molar-refractivity contribution in [2.75, 3.05) is 13.1 Å². The normalized spacial score (nSPS) is 13.9. The molecule has 0 fully saturated rings. The van der Waals surface area contributed by atoms with E-state index in [0.717, 1.165) is 11.1 Å². The maximum absolute atomic E-state index is 11.3. The summed E-state index contributed by atoms with van der Waals surface area (Å²) in [4.78, 5) is 11.3. The Bertz CT molecular complexity index is 1170. The Morgan fingerprint density at radius 2 is 1.97 bits per heavy atom. The minimum atomic E-state index is -1.11. The lowest BCUT2D eigenvalue weighted by Gasteiger charge is -2.13. The Hall–Kier alpha value is -2.95. The van der Waals surface area contributed by atoms with Crippen LogP contribution < -0.4 is 5.32 Å². The molecule has 0 heterocycles. The summed E-state index contributed by atoms with van der Waals surface area (Å²) in [6.45, 7) is 2.88. The second-order valence-corrected chi connectivity index (χ2v) is 6.98. The largest absolute Gasteiger partial charge is 0.478 e. The maximum Gasteiger partial charge on any atom is 0.335 e. The number of carboxylic acid groups (broad SMARTS) is 1. The first-order valence-corrected chi connectivity index (χ1v) is 9.59. The smallest absolute Gasteiger partial charge is 0.335 e. The summed E-state index contributed by atoms with van der Waals surface area (Å²) in [5, 5.41) is 22.8. The van der Waals surface area contributed by atoms with Gasteiger partial charge in [-0.25, -0.2) is 4.79 Å². The van der Waals surface area contributed by atoms with Gasteiger partial charge in [0, 0.05) is 6.54 Å². The van der Waals surface area contributed by atoms with E-state index < -0.39 is 12.1 Å². The van der Waals surface area contributed by atoms with Gasteiger partial charge in [-0.1, -0.05) is 66.1 Å². The molecule has 4 heteroatoms. The zero-order chi connectivity index (χ0) is 24.1. The number of carboxylic acids is 1. The monoisotopic (exact) mass is 393 g/mol. The van der Waals surface area contributed by atoms with E-state index in [1.165, 1.54) is 12.1 Å². The summed E-state index contributed by atoms with van der Waals surface area (Å²) >= 11 is 0. The van der Waals surface area contributed by atoms with Crippen LogP contribution in [0, 0.1) is 6.92 Å². The predicted molar refractivity (Wildman–Crippen MR) is 116 cm³/mol. The lowest BCUT2D eigenvalue weighted by atomic mass is 9.99. The number of aryl methyl sites for hydroxylation is 1.